The first-order chi connectivity index (χ1) is 17.0. The van der Waals surface area contributed by atoms with Gasteiger partial charge in [0.05, 0.1) is 12.2 Å². The molecule has 0 saturated heterocycles. The largest absolute Gasteiger partial charge is 0.490 e. The highest BCUT2D eigenvalue weighted by atomic mass is 19.2. The molecule has 2 rings (SSSR count). The van der Waals surface area contributed by atoms with Gasteiger partial charge in [-0.2, -0.15) is 4.39 Å². The number of hydrogen-bond donors (Lipinski definition) is 0. The van der Waals surface area contributed by atoms with Gasteiger partial charge in [-0.1, -0.05) is 109 Å². The lowest BCUT2D eigenvalue weighted by Gasteiger charge is -2.09. The van der Waals surface area contributed by atoms with Gasteiger partial charge in [0.2, 0.25) is 5.82 Å². The van der Waals surface area contributed by atoms with E-state index in [0.717, 1.165) is 31.2 Å². The van der Waals surface area contributed by atoms with Crippen LogP contribution in [0.15, 0.2) is 36.4 Å². The topological polar surface area (TPSA) is 9.23 Å². The van der Waals surface area contributed by atoms with Crippen LogP contribution in [-0.2, 0) is 6.42 Å². The van der Waals surface area contributed by atoms with Crippen LogP contribution in [0.5, 0.6) is 5.75 Å². The molecule has 0 atom stereocenters. The van der Waals surface area contributed by atoms with Crippen LogP contribution in [0, 0.1) is 29.4 Å². The Labute approximate surface area is 212 Å². The van der Waals surface area contributed by atoms with Crippen LogP contribution in [0.2, 0.25) is 0 Å². The maximum Gasteiger partial charge on any atom is 0.201 e. The minimum absolute atomic E-state index is 0.0396. The third-order valence-corrected chi connectivity index (χ3v) is 6.34. The van der Waals surface area contributed by atoms with E-state index in [9.17, 15) is 8.78 Å². The molecule has 0 saturated carbocycles. The zero-order valence-electron chi connectivity index (χ0n) is 22.1. The predicted molar refractivity (Wildman–Crippen MR) is 144 cm³/mol. The Morgan fingerprint density at radius 2 is 1.37 bits per heavy atom. The fraction of sp³-hybridized carbons (Fsp3) is 0.562. The number of ether oxygens (including phenoxy) is 1. The van der Waals surface area contributed by atoms with Gasteiger partial charge in [0.15, 0.2) is 11.6 Å². The molecule has 0 bridgehead atoms. The van der Waals surface area contributed by atoms with Crippen molar-refractivity contribution in [3.63, 3.8) is 0 Å². The lowest BCUT2D eigenvalue weighted by molar-refractivity contribution is 0.283. The van der Waals surface area contributed by atoms with E-state index >= 15 is 0 Å². The molecule has 35 heavy (non-hydrogen) atoms. The third kappa shape index (κ3) is 11.8. The molecule has 0 aliphatic rings. The summed E-state index contributed by atoms with van der Waals surface area (Å²) in [6.07, 6.45) is 15.8. The van der Waals surface area contributed by atoms with Crippen LogP contribution >= 0.6 is 0 Å². The molecule has 0 aliphatic carbocycles. The summed E-state index contributed by atoms with van der Waals surface area (Å²) in [5.74, 6) is 4.47. The van der Waals surface area contributed by atoms with Crippen molar-refractivity contribution in [2.24, 2.45) is 5.92 Å². The van der Waals surface area contributed by atoms with Crippen molar-refractivity contribution in [1.29, 1.82) is 0 Å². The van der Waals surface area contributed by atoms with Gasteiger partial charge in [0, 0.05) is 5.56 Å². The maximum absolute atomic E-state index is 14.5. The molecule has 0 heterocycles. The first kappa shape index (κ1) is 28.9. The Balaban J connectivity index is 1.77. The van der Waals surface area contributed by atoms with E-state index in [-0.39, 0.29) is 11.3 Å². The predicted octanol–water partition coefficient (Wildman–Crippen LogP) is 9.64. The lowest BCUT2D eigenvalue weighted by atomic mass is 10.0. The Morgan fingerprint density at radius 3 is 2.06 bits per heavy atom. The van der Waals surface area contributed by atoms with Crippen molar-refractivity contribution in [3.05, 3.63) is 64.7 Å². The molecule has 0 N–H and O–H groups in total. The van der Waals surface area contributed by atoms with Crippen molar-refractivity contribution in [2.75, 3.05) is 6.61 Å². The highest BCUT2D eigenvalue weighted by Gasteiger charge is 2.13. The number of benzene rings is 2. The molecule has 0 amide bonds. The Morgan fingerprint density at radius 1 is 0.714 bits per heavy atom. The van der Waals surface area contributed by atoms with Gasteiger partial charge < -0.3 is 4.74 Å². The van der Waals surface area contributed by atoms with Gasteiger partial charge in [0.1, 0.15) is 0 Å². The van der Waals surface area contributed by atoms with E-state index < -0.39 is 11.6 Å². The highest BCUT2D eigenvalue weighted by molar-refractivity contribution is 5.46. The highest BCUT2D eigenvalue weighted by Crippen LogP contribution is 2.23. The summed E-state index contributed by atoms with van der Waals surface area (Å²) in [5, 5.41) is 0. The van der Waals surface area contributed by atoms with E-state index in [4.69, 9.17) is 4.74 Å². The standard InChI is InChI=1S/C32H44F2O/c1-4-5-6-7-8-9-10-13-16-27-17-19-28(20-18-27)21-22-29-23-24-30(32(34)31(29)33)35-25-14-11-12-15-26(2)3/h17-20,23-24,26H,4-16,25H2,1-3H3. The van der Waals surface area contributed by atoms with Crippen molar-refractivity contribution < 1.29 is 13.5 Å². The summed E-state index contributed by atoms with van der Waals surface area (Å²) in [5.41, 5.74) is 2.14. The van der Waals surface area contributed by atoms with E-state index in [2.05, 4.69) is 44.7 Å². The zero-order valence-corrected chi connectivity index (χ0v) is 22.1. The molecule has 0 aliphatic heterocycles. The minimum Gasteiger partial charge on any atom is -0.490 e. The summed E-state index contributed by atoms with van der Waals surface area (Å²) < 4.78 is 34.3. The quantitative estimate of drug-likeness (QED) is 0.171. The second-order valence-electron chi connectivity index (χ2n) is 10.0. The molecule has 0 spiro atoms. The molecule has 0 fully saturated rings. The molecule has 0 radical (unpaired) electrons. The van der Waals surface area contributed by atoms with E-state index in [0.29, 0.717) is 12.5 Å². The Bertz CT molecular complexity index is 906. The molecule has 0 aromatic heterocycles. The average Bonchev–Trinajstić information content (AvgIpc) is 2.85. The summed E-state index contributed by atoms with van der Waals surface area (Å²) in [6, 6.07) is 11.1. The minimum atomic E-state index is -0.959. The summed E-state index contributed by atoms with van der Waals surface area (Å²) in [6.45, 7) is 7.05. The molecule has 2 aromatic rings. The van der Waals surface area contributed by atoms with Gasteiger partial charge in [-0.3, -0.25) is 0 Å². The molecule has 0 unspecified atom stereocenters. The second-order valence-corrected chi connectivity index (χ2v) is 10.0. The Kier molecular flexibility index (Phi) is 14.2. The molecular formula is C32H44F2O. The number of hydrogen-bond acceptors (Lipinski definition) is 1. The molecule has 1 nitrogen and oxygen atoms in total. The first-order valence-electron chi connectivity index (χ1n) is 13.7. The van der Waals surface area contributed by atoms with E-state index in [1.54, 1.807) is 0 Å². The summed E-state index contributed by atoms with van der Waals surface area (Å²) in [4.78, 5) is 0. The lowest BCUT2D eigenvalue weighted by Crippen LogP contribution is -2.02. The Hall–Kier alpha value is -2.34. The van der Waals surface area contributed by atoms with E-state index in [1.165, 1.54) is 75.5 Å². The van der Waals surface area contributed by atoms with Crippen molar-refractivity contribution in [3.8, 4) is 17.6 Å². The number of rotatable bonds is 16. The number of unbranched alkanes of at least 4 members (excludes halogenated alkanes) is 9. The number of aryl methyl sites for hydroxylation is 1. The van der Waals surface area contributed by atoms with Gasteiger partial charge in [-0.05, 0) is 55.0 Å². The van der Waals surface area contributed by atoms with Crippen LogP contribution in [0.25, 0.3) is 0 Å². The maximum atomic E-state index is 14.5. The summed E-state index contributed by atoms with van der Waals surface area (Å²) in [7, 11) is 0. The fourth-order valence-corrected chi connectivity index (χ4v) is 4.11. The van der Waals surface area contributed by atoms with Gasteiger partial charge in [0.25, 0.3) is 0 Å². The van der Waals surface area contributed by atoms with Crippen molar-refractivity contribution in [2.45, 2.75) is 104 Å². The van der Waals surface area contributed by atoms with Crippen molar-refractivity contribution >= 4 is 0 Å². The monoisotopic (exact) mass is 482 g/mol. The molecule has 192 valence electrons. The molecule has 2 aromatic carbocycles. The first-order valence-corrected chi connectivity index (χ1v) is 13.7. The molecular weight excluding hydrogens is 438 g/mol. The van der Waals surface area contributed by atoms with Crippen LogP contribution in [0.1, 0.15) is 115 Å². The van der Waals surface area contributed by atoms with Crippen LogP contribution in [-0.4, -0.2) is 6.61 Å². The van der Waals surface area contributed by atoms with Gasteiger partial charge in [-0.15, -0.1) is 0 Å². The zero-order chi connectivity index (χ0) is 25.3. The average molecular weight is 483 g/mol. The molecule has 3 heteroatoms. The van der Waals surface area contributed by atoms with E-state index in [1.807, 2.05) is 12.1 Å². The van der Waals surface area contributed by atoms with Gasteiger partial charge in [-0.25, -0.2) is 4.39 Å². The van der Waals surface area contributed by atoms with Crippen LogP contribution in [0.3, 0.4) is 0 Å². The SMILES string of the molecule is CCCCCCCCCCc1ccc(C#Cc2ccc(OCCCCCC(C)C)c(F)c2F)cc1. The summed E-state index contributed by atoms with van der Waals surface area (Å²) >= 11 is 0. The second kappa shape index (κ2) is 17.1. The van der Waals surface area contributed by atoms with Crippen LogP contribution in [0.4, 0.5) is 8.78 Å². The van der Waals surface area contributed by atoms with Gasteiger partial charge >= 0.3 is 0 Å². The third-order valence-electron chi connectivity index (χ3n) is 6.34. The smallest absolute Gasteiger partial charge is 0.201 e. The fourth-order valence-electron chi connectivity index (χ4n) is 4.11. The van der Waals surface area contributed by atoms with Crippen molar-refractivity contribution in [1.82, 2.24) is 0 Å². The normalized spacial score (nSPS) is 10.9. The number of halogens is 2. The van der Waals surface area contributed by atoms with Crippen LogP contribution < -0.4 is 4.74 Å².